The molecule has 6 heteroatoms. The first-order valence-electron chi connectivity index (χ1n) is 11.6. The van der Waals surface area contributed by atoms with Crippen LogP contribution in [0.4, 0.5) is 0 Å². The Morgan fingerprint density at radius 1 is 0.912 bits per heavy atom. The van der Waals surface area contributed by atoms with Gasteiger partial charge in [0.1, 0.15) is 0 Å². The van der Waals surface area contributed by atoms with Gasteiger partial charge in [-0.2, -0.15) is 9.61 Å². The molecule has 1 saturated carbocycles. The molecule has 1 aliphatic carbocycles. The average Bonchev–Trinajstić information content (AvgIpc) is 3.18. The molecule has 3 aromatic heterocycles. The molecule has 0 amide bonds. The van der Waals surface area contributed by atoms with Crippen LogP contribution in [0, 0.1) is 13.8 Å². The lowest BCUT2D eigenvalue weighted by Gasteiger charge is -2.49. The van der Waals surface area contributed by atoms with E-state index >= 15 is 0 Å². The van der Waals surface area contributed by atoms with E-state index in [-0.39, 0.29) is 0 Å². The summed E-state index contributed by atoms with van der Waals surface area (Å²) in [6, 6.07) is 22.7. The number of aliphatic hydroxyl groups is 1. The molecular formula is C28H27N5O. The zero-order valence-corrected chi connectivity index (χ0v) is 19.6. The van der Waals surface area contributed by atoms with Gasteiger partial charge in [0.05, 0.1) is 22.7 Å². The van der Waals surface area contributed by atoms with Gasteiger partial charge in [-0.25, -0.2) is 9.97 Å². The highest BCUT2D eigenvalue weighted by molar-refractivity contribution is 5.92. The van der Waals surface area contributed by atoms with E-state index in [1.807, 2.05) is 49.6 Å². The van der Waals surface area contributed by atoms with Crippen molar-refractivity contribution in [2.45, 2.75) is 44.8 Å². The molecule has 5 aromatic rings. The Labute approximate surface area is 198 Å². The third-order valence-electron chi connectivity index (χ3n) is 6.90. The van der Waals surface area contributed by atoms with Crippen LogP contribution in [0.1, 0.15) is 36.7 Å². The predicted molar refractivity (Wildman–Crippen MR) is 134 cm³/mol. The van der Waals surface area contributed by atoms with Gasteiger partial charge < -0.3 is 10.8 Å². The fourth-order valence-electron chi connectivity index (χ4n) is 5.41. The van der Waals surface area contributed by atoms with Crippen molar-refractivity contribution in [3.63, 3.8) is 0 Å². The highest BCUT2D eigenvalue weighted by Gasteiger charge is 2.49. The number of fused-ring (bicyclic) bond motifs is 3. The van der Waals surface area contributed by atoms with Gasteiger partial charge in [0.25, 0.3) is 0 Å². The molecule has 3 heterocycles. The lowest BCUT2D eigenvalue weighted by Crippen LogP contribution is -2.58. The first-order valence-corrected chi connectivity index (χ1v) is 11.6. The molecule has 1 fully saturated rings. The summed E-state index contributed by atoms with van der Waals surface area (Å²) in [5.74, 6) is 0. The summed E-state index contributed by atoms with van der Waals surface area (Å²) in [7, 11) is 0. The standard InChI is InChI=1S/C28H27N5O/c1-17-13-24-30-18(2)22-14-23(19-7-5-4-6-8-19)25(31-26(22)33(24)32-17)20-9-11-21(12-10-20)28(29)15-27(3,34)16-28/h4-14,34H,15-16,29H2,1-3H3/t27-,28-. The number of hydrogen-bond donors (Lipinski definition) is 2. The largest absolute Gasteiger partial charge is 0.390 e. The van der Waals surface area contributed by atoms with Crippen LogP contribution < -0.4 is 5.73 Å². The van der Waals surface area contributed by atoms with E-state index in [4.69, 9.17) is 15.7 Å². The van der Waals surface area contributed by atoms with Crippen molar-refractivity contribution in [1.29, 1.82) is 0 Å². The smallest absolute Gasteiger partial charge is 0.165 e. The van der Waals surface area contributed by atoms with Crippen molar-refractivity contribution in [3.05, 3.63) is 83.7 Å². The van der Waals surface area contributed by atoms with E-state index in [9.17, 15) is 5.11 Å². The Morgan fingerprint density at radius 3 is 2.29 bits per heavy atom. The summed E-state index contributed by atoms with van der Waals surface area (Å²) >= 11 is 0. The van der Waals surface area contributed by atoms with Gasteiger partial charge in [0.2, 0.25) is 0 Å². The Kier molecular flexibility index (Phi) is 4.43. The maximum absolute atomic E-state index is 10.2. The number of benzene rings is 2. The molecule has 1 aliphatic rings. The third kappa shape index (κ3) is 3.30. The minimum absolute atomic E-state index is 0.483. The average molecular weight is 450 g/mol. The molecule has 0 atom stereocenters. The van der Waals surface area contributed by atoms with Crippen LogP contribution >= 0.6 is 0 Å². The number of hydrogen-bond acceptors (Lipinski definition) is 5. The molecule has 0 unspecified atom stereocenters. The van der Waals surface area contributed by atoms with Crippen LogP contribution in [0.15, 0.2) is 66.7 Å². The summed E-state index contributed by atoms with van der Waals surface area (Å²) in [4.78, 5) is 9.92. The monoisotopic (exact) mass is 449 g/mol. The zero-order valence-electron chi connectivity index (χ0n) is 19.6. The lowest BCUT2D eigenvalue weighted by molar-refractivity contribution is -0.0738. The molecule has 0 saturated heterocycles. The second-order valence-corrected chi connectivity index (χ2v) is 9.96. The van der Waals surface area contributed by atoms with E-state index in [0.29, 0.717) is 12.8 Å². The van der Waals surface area contributed by atoms with Gasteiger partial charge >= 0.3 is 0 Å². The first kappa shape index (κ1) is 21.0. The maximum Gasteiger partial charge on any atom is 0.165 e. The lowest BCUT2D eigenvalue weighted by atomic mass is 9.63. The molecule has 6 nitrogen and oxygen atoms in total. The Balaban J connectivity index is 1.56. The van der Waals surface area contributed by atoms with Crippen molar-refractivity contribution >= 4 is 16.7 Å². The van der Waals surface area contributed by atoms with Crippen molar-refractivity contribution in [2.75, 3.05) is 0 Å². The van der Waals surface area contributed by atoms with Gasteiger partial charge in [-0.3, -0.25) is 0 Å². The normalized spacial score (nSPS) is 22.3. The molecule has 2 aromatic carbocycles. The van der Waals surface area contributed by atoms with Gasteiger partial charge in [0, 0.05) is 28.1 Å². The molecular weight excluding hydrogens is 422 g/mol. The highest BCUT2D eigenvalue weighted by atomic mass is 16.3. The van der Waals surface area contributed by atoms with Crippen molar-refractivity contribution in [2.24, 2.45) is 5.73 Å². The molecule has 34 heavy (non-hydrogen) atoms. The van der Waals surface area contributed by atoms with Gasteiger partial charge in [-0.15, -0.1) is 0 Å². The topological polar surface area (TPSA) is 89.3 Å². The highest BCUT2D eigenvalue weighted by Crippen LogP contribution is 2.46. The number of aryl methyl sites for hydroxylation is 2. The number of nitrogens with two attached hydrogens (primary N) is 1. The second-order valence-electron chi connectivity index (χ2n) is 9.96. The van der Waals surface area contributed by atoms with Crippen LogP contribution in [0.25, 0.3) is 39.1 Å². The second kappa shape index (κ2) is 7.19. The molecule has 0 spiro atoms. The summed E-state index contributed by atoms with van der Waals surface area (Å²) in [6.45, 7) is 5.82. The van der Waals surface area contributed by atoms with E-state index in [1.54, 1.807) is 0 Å². The number of rotatable bonds is 3. The zero-order chi connectivity index (χ0) is 23.7. The summed E-state index contributed by atoms with van der Waals surface area (Å²) < 4.78 is 1.83. The van der Waals surface area contributed by atoms with Crippen molar-refractivity contribution in [3.8, 4) is 22.4 Å². The van der Waals surface area contributed by atoms with Crippen molar-refractivity contribution < 1.29 is 5.11 Å². The Hall–Kier alpha value is -3.61. The summed E-state index contributed by atoms with van der Waals surface area (Å²) in [5.41, 5.74) is 13.9. The Morgan fingerprint density at radius 2 is 1.62 bits per heavy atom. The third-order valence-corrected chi connectivity index (χ3v) is 6.90. The molecule has 0 bridgehead atoms. The van der Waals surface area contributed by atoms with Crippen LogP contribution in [0.3, 0.4) is 0 Å². The van der Waals surface area contributed by atoms with Crippen molar-refractivity contribution in [1.82, 2.24) is 19.6 Å². The quantitative estimate of drug-likeness (QED) is 0.408. The molecule has 170 valence electrons. The number of aromatic nitrogens is 4. The minimum Gasteiger partial charge on any atom is -0.390 e. The molecule has 3 N–H and O–H groups in total. The summed E-state index contributed by atoms with van der Waals surface area (Å²) in [5, 5.41) is 15.8. The fourth-order valence-corrected chi connectivity index (χ4v) is 5.41. The minimum atomic E-state index is -0.688. The van der Waals surface area contributed by atoms with E-state index in [0.717, 1.165) is 56.0 Å². The van der Waals surface area contributed by atoms with E-state index in [1.165, 1.54) is 0 Å². The fraction of sp³-hybridized carbons (Fsp3) is 0.250. The number of nitrogens with zero attached hydrogens (tertiary/aromatic N) is 4. The van der Waals surface area contributed by atoms with Crippen LogP contribution in [0.2, 0.25) is 0 Å². The molecule has 0 aliphatic heterocycles. The van der Waals surface area contributed by atoms with E-state index < -0.39 is 11.1 Å². The van der Waals surface area contributed by atoms with Crippen LogP contribution in [-0.2, 0) is 5.54 Å². The van der Waals surface area contributed by atoms with E-state index in [2.05, 4.69) is 47.6 Å². The SMILES string of the molecule is Cc1cc2nc(C)c3cc(-c4ccccc4)c(-c4ccc([C@]5(N)C[C@](C)(O)C5)cc4)nc3n2n1. The first-order chi connectivity index (χ1) is 16.2. The van der Waals surface area contributed by atoms with Crippen LogP contribution in [-0.4, -0.2) is 30.3 Å². The molecule has 6 rings (SSSR count). The maximum atomic E-state index is 10.2. The van der Waals surface area contributed by atoms with Gasteiger partial charge in [-0.05, 0) is 50.8 Å². The predicted octanol–water partition coefficient (Wildman–Crippen LogP) is 4.93. The Bertz CT molecular complexity index is 1540. The summed E-state index contributed by atoms with van der Waals surface area (Å²) in [6.07, 6.45) is 1.12. The molecule has 0 radical (unpaired) electrons. The van der Waals surface area contributed by atoms with Gasteiger partial charge in [-0.1, -0.05) is 54.6 Å². The van der Waals surface area contributed by atoms with Gasteiger partial charge in [0.15, 0.2) is 11.3 Å². The van der Waals surface area contributed by atoms with Crippen LogP contribution in [0.5, 0.6) is 0 Å². The number of pyridine rings is 1.